The normalized spacial score (nSPS) is 26.9. The first kappa shape index (κ1) is 20.5. The van der Waals surface area contributed by atoms with E-state index in [-0.39, 0.29) is 5.91 Å². The second-order valence-electron chi connectivity index (χ2n) is 10.5. The van der Waals surface area contributed by atoms with Crippen molar-refractivity contribution < 1.29 is 4.79 Å². The van der Waals surface area contributed by atoms with Crippen LogP contribution in [-0.2, 0) is 0 Å². The van der Waals surface area contributed by atoms with E-state index in [0.717, 1.165) is 34.2 Å². The van der Waals surface area contributed by atoms with Gasteiger partial charge in [0.15, 0.2) is 0 Å². The number of carbonyl (C=O) groups is 1. The van der Waals surface area contributed by atoms with Gasteiger partial charge in [0.05, 0.1) is 6.04 Å². The maximum atomic E-state index is 13.3. The van der Waals surface area contributed by atoms with E-state index in [9.17, 15) is 4.79 Å². The summed E-state index contributed by atoms with van der Waals surface area (Å²) < 4.78 is 0. The van der Waals surface area contributed by atoms with Gasteiger partial charge in [-0.2, -0.15) is 0 Å². The first-order chi connectivity index (χ1) is 16.0. The van der Waals surface area contributed by atoms with Gasteiger partial charge in [-0.1, -0.05) is 48.0 Å². The lowest BCUT2D eigenvalue weighted by Gasteiger charge is -2.43. The Morgan fingerprint density at radius 2 is 1.64 bits per heavy atom. The first-order valence-electron chi connectivity index (χ1n) is 12.3. The van der Waals surface area contributed by atoms with Gasteiger partial charge in [0.1, 0.15) is 0 Å². The van der Waals surface area contributed by atoms with Crippen molar-refractivity contribution in [3.8, 4) is 0 Å². The molecule has 1 amide bonds. The van der Waals surface area contributed by atoms with E-state index >= 15 is 0 Å². The maximum Gasteiger partial charge on any atom is 0.255 e. The van der Waals surface area contributed by atoms with Crippen LogP contribution in [0.4, 0.5) is 11.4 Å². The van der Waals surface area contributed by atoms with Crippen molar-refractivity contribution in [2.75, 3.05) is 10.6 Å². The summed E-state index contributed by atoms with van der Waals surface area (Å²) in [5.41, 5.74) is 9.08. The number of benzene rings is 3. The zero-order valence-electron chi connectivity index (χ0n) is 19.7. The molecule has 2 fully saturated rings. The molecule has 3 aromatic rings. The smallest absolute Gasteiger partial charge is 0.255 e. The molecule has 3 aliphatic rings. The molecule has 2 aliphatic carbocycles. The number of rotatable bonds is 3. The van der Waals surface area contributed by atoms with Crippen molar-refractivity contribution in [2.24, 2.45) is 17.8 Å². The average molecular weight is 437 g/mol. The van der Waals surface area contributed by atoms with E-state index in [0.29, 0.717) is 17.9 Å². The SMILES string of the molecule is Cc1cc(C)c(NC(=O)c2ccc3c(c2)[C@@H]2[C@H]4CC[C@@H](C4)[C@@H]2[C@H](c2ccccc2)N3)c(C)c1. The molecular weight excluding hydrogens is 404 g/mol. The monoisotopic (exact) mass is 436 g/mol. The van der Waals surface area contributed by atoms with Gasteiger partial charge in [0.25, 0.3) is 5.91 Å². The second kappa shape index (κ2) is 7.76. The standard InChI is InChI=1S/C30H32N2O/c1-17-13-18(2)28(19(3)14-17)32-30(33)23-11-12-25-24(16-23)26-21-9-10-22(15-21)27(26)29(31-25)20-7-5-4-6-8-20/h4-8,11-14,16,21-22,26-27,29,31H,9-10,15H2,1-3H3,(H,32,33)/t21-,22-,26-,27-,29-/m0/s1. The molecule has 0 aromatic heterocycles. The van der Waals surface area contributed by atoms with E-state index in [1.54, 1.807) is 0 Å². The van der Waals surface area contributed by atoms with Gasteiger partial charge in [0, 0.05) is 16.9 Å². The van der Waals surface area contributed by atoms with Gasteiger partial charge in [-0.25, -0.2) is 0 Å². The molecular formula is C30H32N2O. The van der Waals surface area contributed by atoms with Gasteiger partial charge < -0.3 is 10.6 Å². The predicted molar refractivity (Wildman–Crippen MR) is 135 cm³/mol. The largest absolute Gasteiger partial charge is 0.378 e. The lowest BCUT2D eigenvalue weighted by atomic mass is 9.68. The summed E-state index contributed by atoms with van der Waals surface area (Å²) in [6.07, 6.45) is 4.00. The number of anilines is 2. The third-order valence-corrected chi connectivity index (χ3v) is 8.42. The van der Waals surface area contributed by atoms with Crippen LogP contribution in [0, 0.1) is 38.5 Å². The van der Waals surface area contributed by atoms with Crippen LogP contribution in [-0.4, -0.2) is 5.91 Å². The molecule has 0 radical (unpaired) electrons. The minimum Gasteiger partial charge on any atom is -0.378 e. The Morgan fingerprint density at radius 1 is 0.909 bits per heavy atom. The van der Waals surface area contributed by atoms with Crippen LogP contribution in [0.2, 0.25) is 0 Å². The minimum atomic E-state index is -0.0160. The fourth-order valence-corrected chi connectivity index (χ4v) is 7.18. The average Bonchev–Trinajstić information content (AvgIpc) is 3.44. The third kappa shape index (κ3) is 3.37. The Bertz CT molecular complexity index is 1210. The van der Waals surface area contributed by atoms with Gasteiger partial charge in [-0.15, -0.1) is 0 Å². The van der Waals surface area contributed by atoms with Crippen molar-refractivity contribution in [3.05, 3.63) is 94.0 Å². The molecule has 1 heterocycles. The molecule has 5 atom stereocenters. The predicted octanol–water partition coefficient (Wildman–Crippen LogP) is 7.16. The molecule has 6 rings (SSSR count). The Labute approximate surface area is 196 Å². The molecule has 33 heavy (non-hydrogen) atoms. The first-order valence-corrected chi connectivity index (χ1v) is 12.3. The van der Waals surface area contributed by atoms with E-state index < -0.39 is 0 Å². The van der Waals surface area contributed by atoms with Crippen LogP contribution < -0.4 is 10.6 Å². The summed E-state index contributed by atoms with van der Waals surface area (Å²) in [7, 11) is 0. The van der Waals surface area contributed by atoms with Gasteiger partial charge in [-0.3, -0.25) is 4.79 Å². The van der Waals surface area contributed by atoms with Crippen LogP contribution in [0.15, 0.2) is 60.7 Å². The van der Waals surface area contributed by atoms with Crippen molar-refractivity contribution in [1.29, 1.82) is 0 Å². The van der Waals surface area contributed by atoms with Gasteiger partial charge in [-0.05, 0) is 104 Å². The van der Waals surface area contributed by atoms with Crippen molar-refractivity contribution >= 4 is 17.3 Å². The van der Waals surface area contributed by atoms with Gasteiger partial charge >= 0.3 is 0 Å². The minimum absolute atomic E-state index is 0.0160. The highest BCUT2D eigenvalue weighted by molar-refractivity contribution is 6.05. The number of carbonyl (C=O) groups excluding carboxylic acids is 1. The summed E-state index contributed by atoms with van der Waals surface area (Å²) in [6.45, 7) is 6.22. The zero-order valence-corrected chi connectivity index (χ0v) is 19.7. The topological polar surface area (TPSA) is 41.1 Å². The molecule has 1 aliphatic heterocycles. The lowest BCUT2D eigenvalue weighted by Crippen LogP contribution is -2.35. The van der Waals surface area contributed by atoms with Crippen molar-refractivity contribution in [3.63, 3.8) is 0 Å². The number of aryl methyl sites for hydroxylation is 3. The summed E-state index contributed by atoms with van der Waals surface area (Å²) in [6, 6.07) is 21.8. The van der Waals surface area contributed by atoms with Gasteiger partial charge in [0.2, 0.25) is 0 Å². The number of amides is 1. The van der Waals surface area contributed by atoms with Crippen molar-refractivity contribution in [2.45, 2.75) is 52.0 Å². The Kier molecular flexibility index (Phi) is 4.83. The molecule has 0 saturated heterocycles. The highest BCUT2D eigenvalue weighted by Gasteiger charge is 2.53. The lowest BCUT2D eigenvalue weighted by molar-refractivity contribution is 0.102. The Hall–Kier alpha value is -3.07. The van der Waals surface area contributed by atoms with Crippen LogP contribution in [0.1, 0.15) is 69.4 Å². The molecule has 0 unspecified atom stereocenters. The fraction of sp³-hybridized carbons (Fsp3) is 0.367. The highest BCUT2D eigenvalue weighted by atomic mass is 16.1. The third-order valence-electron chi connectivity index (χ3n) is 8.42. The number of hydrogen-bond donors (Lipinski definition) is 2. The molecule has 2 saturated carbocycles. The summed E-state index contributed by atoms with van der Waals surface area (Å²) in [5.74, 6) is 2.66. The van der Waals surface area contributed by atoms with E-state index in [1.807, 2.05) is 6.07 Å². The van der Waals surface area contributed by atoms with E-state index in [1.165, 1.54) is 41.6 Å². The Balaban J connectivity index is 1.35. The second-order valence-corrected chi connectivity index (χ2v) is 10.5. The van der Waals surface area contributed by atoms with E-state index in [2.05, 4.69) is 86.0 Å². The number of hydrogen-bond acceptors (Lipinski definition) is 2. The molecule has 3 aromatic carbocycles. The molecule has 2 N–H and O–H groups in total. The molecule has 0 spiro atoms. The molecule has 168 valence electrons. The molecule has 3 nitrogen and oxygen atoms in total. The quantitative estimate of drug-likeness (QED) is 0.457. The highest BCUT2D eigenvalue weighted by Crippen LogP contribution is 2.63. The van der Waals surface area contributed by atoms with Crippen LogP contribution in [0.5, 0.6) is 0 Å². The summed E-state index contributed by atoms with van der Waals surface area (Å²) in [4.78, 5) is 13.3. The number of fused-ring (bicyclic) bond motifs is 7. The fourth-order valence-electron chi connectivity index (χ4n) is 7.18. The summed E-state index contributed by atoms with van der Waals surface area (Å²) >= 11 is 0. The van der Waals surface area contributed by atoms with Crippen molar-refractivity contribution in [1.82, 2.24) is 0 Å². The molecule has 2 bridgehead atoms. The van der Waals surface area contributed by atoms with E-state index in [4.69, 9.17) is 0 Å². The zero-order chi connectivity index (χ0) is 22.7. The number of nitrogens with one attached hydrogen (secondary N) is 2. The Morgan fingerprint density at radius 3 is 2.39 bits per heavy atom. The maximum absolute atomic E-state index is 13.3. The summed E-state index contributed by atoms with van der Waals surface area (Å²) in [5, 5.41) is 7.08. The molecule has 3 heteroatoms. The van der Waals surface area contributed by atoms with Crippen LogP contribution in [0.25, 0.3) is 0 Å². The van der Waals surface area contributed by atoms with Crippen LogP contribution in [0.3, 0.4) is 0 Å². The van der Waals surface area contributed by atoms with Crippen LogP contribution >= 0.6 is 0 Å².